The van der Waals surface area contributed by atoms with Crippen LogP contribution in [-0.4, -0.2) is 47.4 Å². The molecular formula is C18H22ClN3O2. The maximum Gasteiger partial charge on any atom is 0.291 e. The number of hydrogen-bond acceptors (Lipinski definition) is 4. The van der Waals surface area contributed by atoms with E-state index in [-0.39, 0.29) is 18.3 Å². The third kappa shape index (κ3) is 2.72. The first-order valence-electron chi connectivity index (χ1n) is 8.08. The van der Waals surface area contributed by atoms with Crippen molar-refractivity contribution in [2.75, 3.05) is 26.7 Å². The van der Waals surface area contributed by atoms with Gasteiger partial charge in [-0.15, -0.1) is 12.4 Å². The van der Waals surface area contributed by atoms with Gasteiger partial charge in [-0.3, -0.25) is 9.69 Å². The van der Waals surface area contributed by atoms with Gasteiger partial charge in [-0.1, -0.05) is 24.3 Å². The lowest BCUT2D eigenvalue weighted by molar-refractivity contribution is 0.0736. The van der Waals surface area contributed by atoms with E-state index >= 15 is 0 Å². The van der Waals surface area contributed by atoms with Crippen LogP contribution < -0.4 is 0 Å². The van der Waals surface area contributed by atoms with E-state index in [9.17, 15) is 4.79 Å². The first-order valence-corrected chi connectivity index (χ1v) is 8.08. The number of nitrogens with zero attached hydrogens (tertiary/aromatic N) is 3. The molecule has 1 aromatic carbocycles. The van der Waals surface area contributed by atoms with Crippen molar-refractivity contribution in [1.29, 1.82) is 0 Å². The Morgan fingerprint density at radius 3 is 2.75 bits per heavy atom. The van der Waals surface area contributed by atoms with E-state index in [0.717, 1.165) is 19.6 Å². The second-order valence-corrected chi connectivity index (χ2v) is 6.74. The Bertz CT molecular complexity index is 719. The lowest BCUT2D eigenvalue weighted by Crippen LogP contribution is -2.33. The van der Waals surface area contributed by atoms with E-state index in [2.05, 4.69) is 48.1 Å². The van der Waals surface area contributed by atoms with Gasteiger partial charge >= 0.3 is 0 Å². The van der Waals surface area contributed by atoms with Gasteiger partial charge in [-0.05, 0) is 31.0 Å². The van der Waals surface area contributed by atoms with Crippen LogP contribution in [0.4, 0.5) is 0 Å². The van der Waals surface area contributed by atoms with Crippen molar-refractivity contribution in [1.82, 2.24) is 14.8 Å². The molecule has 0 saturated carbocycles. The quantitative estimate of drug-likeness (QED) is 0.838. The number of amides is 1. The molecule has 1 amide bonds. The van der Waals surface area contributed by atoms with E-state index < -0.39 is 0 Å². The number of oxazole rings is 1. The number of carbonyl (C=O) groups is 1. The molecule has 128 valence electrons. The molecule has 2 saturated heterocycles. The van der Waals surface area contributed by atoms with E-state index in [0.29, 0.717) is 23.6 Å². The Morgan fingerprint density at radius 2 is 2.04 bits per heavy atom. The average molecular weight is 348 g/mol. The number of aromatic nitrogens is 1. The largest absolute Gasteiger partial charge is 0.438 e. The number of halogens is 1. The van der Waals surface area contributed by atoms with Crippen LogP contribution in [0.5, 0.6) is 0 Å². The lowest BCUT2D eigenvalue weighted by atomic mass is 9.88. The summed E-state index contributed by atoms with van der Waals surface area (Å²) in [7, 11) is 2.19. The molecule has 0 aliphatic carbocycles. The van der Waals surface area contributed by atoms with E-state index in [1.165, 1.54) is 23.7 Å². The summed E-state index contributed by atoms with van der Waals surface area (Å²) in [6, 6.07) is 8.96. The Labute approximate surface area is 148 Å². The summed E-state index contributed by atoms with van der Waals surface area (Å²) in [5.74, 6) is 1.30. The molecule has 2 fully saturated rings. The summed E-state index contributed by atoms with van der Waals surface area (Å²) in [6.07, 6.45) is 2.81. The molecule has 24 heavy (non-hydrogen) atoms. The molecule has 6 heteroatoms. The highest BCUT2D eigenvalue weighted by molar-refractivity contribution is 5.91. The molecular weight excluding hydrogens is 326 g/mol. The van der Waals surface area contributed by atoms with Crippen LogP contribution in [0.1, 0.15) is 27.7 Å². The van der Waals surface area contributed by atoms with Crippen molar-refractivity contribution in [3.63, 3.8) is 0 Å². The number of aryl methyl sites for hydroxylation is 1. The summed E-state index contributed by atoms with van der Waals surface area (Å²) in [5.41, 5.74) is 2.71. The highest BCUT2D eigenvalue weighted by Gasteiger charge is 2.47. The van der Waals surface area contributed by atoms with Crippen LogP contribution in [0.25, 0.3) is 0 Å². The van der Waals surface area contributed by atoms with E-state index in [1.807, 2.05) is 4.90 Å². The Balaban J connectivity index is 0.00000169. The van der Waals surface area contributed by atoms with E-state index in [4.69, 9.17) is 4.42 Å². The standard InChI is InChI=1S/C18H21N3O2.ClH/c1-12-5-3-4-6-14(12)17-15-10-21(9-13(15)8-20(17)2)18(22)16-7-19-11-23-16;/h3-7,11,13,15,17H,8-10H2,1-2H3;1H/t13-,15+,17+;/m0./s1. The van der Waals surface area contributed by atoms with Crippen LogP contribution in [-0.2, 0) is 0 Å². The van der Waals surface area contributed by atoms with Crippen LogP contribution in [0.2, 0.25) is 0 Å². The van der Waals surface area contributed by atoms with Gasteiger partial charge in [0.15, 0.2) is 6.39 Å². The molecule has 3 atom stereocenters. The molecule has 2 aliphatic heterocycles. The Morgan fingerprint density at radius 1 is 1.25 bits per heavy atom. The minimum atomic E-state index is -0.0388. The maximum absolute atomic E-state index is 12.5. The van der Waals surface area contributed by atoms with Crippen LogP contribution in [0.15, 0.2) is 41.3 Å². The summed E-state index contributed by atoms with van der Waals surface area (Å²) in [6.45, 7) is 4.79. The van der Waals surface area contributed by atoms with Gasteiger partial charge < -0.3 is 9.32 Å². The van der Waals surface area contributed by atoms with E-state index in [1.54, 1.807) is 0 Å². The molecule has 3 heterocycles. The smallest absolute Gasteiger partial charge is 0.291 e. The zero-order valence-corrected chi connectivity index (χ0v) is 14.7. The summed E-state index contributed by atoms with van der Waals surface area (Å²) in [5, 5.41) is 0. The second-order valence-electron chi connectivity index (χ2n) is 6.74. The van der Waals surface area contributed by atoms with Crippen molar-refractivity contribution < 1.29 is 9.21 Å². The Hall–Kier alpha value is -1.85. The minimum Gasteiger partial charge on any atom is -0.438 e. The molecule has 0 unspecified atom stereocenters. The fourth-order valence-corrected chi connectivity index (χ4v) is 4.29. The van der Waals surface area contributed by atoms with Gasteiger partial charge in [-0.2, -0.15) is 0 Å². The lowest BCUT2D eigenvalue weighted by Gasteiger charge is -2.27. The number of likely N-dealkylation sites (tertiary alicyclic amines) is 2. The molecule has 4 rings (SSSR count). The number of fused-ring (bicyclic) bond motifs is 1. The number of benzene rings is 1. The first kappa shape index (κ1) is 17.0. The highest BCUT2D eigenvalue weighted by Crippen LogP contribution is 2.45. The summed E-state index contributed by atoms with van der Waals surface area (Å²) >= 11 is 0. The van der Waals surface area contributed by atoms with Crippen molar-refractivity contribution in [3.8, 4) is 0 Å². The summed E-state index contributed by atoms with van der Waals surface area (Å²) < 4.78 is 5.17. The SMILES string of the molecule is Cc1ccccc1[C@@H]1[C@@H]2CN(C(=O)c3cnco3)C[C@@H]2CN1C.Cl. The maximum atomic E-state index is 12.5. The number of hydrogen-bond donors (Lipinski definition) is 0. The fraction of sp³-hybridized carbons (Fsp3) is 0.444. The van der Waals surface area contributed by atoms with Crippen molar-refractivity contribution in [2.24, 2.45) is 11.8 Å². The average Bonchev–Trinajstić information content (AvgIpc) is 3.23. The summed E-state index contributed by atoms with van der Waals surface area (Å²) in [4.78, 5) is 20.7. The predicted molar refractivity (Wildman–Crippen MR) is 93.2 cm³/mol. The highest BCUT2D eigenvalue weighted by atomic mass is 35.5. The zero-order chi connectivity index (χ0) is 16.0. The molecule has 0 spiro atoms. The molecule has 2 aromatic rings. The number of rotatable bonds is 2. The van der Waals surface area contributed by atoms with Gasteiger partial charge in [0.1, 0.15) is 0 Å². The molecule has 5 nitrogen and oxygen atoms in total. The first-order chi connectivity index (χ1) is 11.1. The minimum absolute atomic E-state index is 0. The molecule has 2 aliphatic rings. The molecule has 0 bridgehead atoms. The fourth-order valence-electron chi connectivity index (χ4n) is 4.29. The number of carbonyl (C=O) groups excluding carboxylic acids is 1. The third-order valence-corrected chi connectivity index (χ3v) is 5.33. The normalized spacial score (nSPS) is 26.2. The van der Waals surface area contributed by atoms with Gasteiger partial charge in [0.25, 0.3) is 5.91 Å². The van der Waals surface area contributed by atoms with Crippen LogP contribution in [0, 0.1) is 18.8 Å². The molecule has 1 aromatic heterocycles. The van der Waals surface area contributed by atoms with Gasteiger partial charge in [-0.25, -0.2) is 4.98 Å². The van der Waals surface area contributed by atoms with Crippen LogP contribution >= 0.6 is 12.4 Å². The zero-order valence-electron chi connectivity index (χ0n) is 13.9. The van der Waals surface area contributed by atoms with Gasteiger partial charge in [0.2, 0.25) is 5.76 Å². The van der Waals surface area contributed by atoms with Crippen molar-refractivity contribution in [2.45, 2.75) is 13.0 Å². The van der Waals surface area contributed by atoms with Gasteiger partial charge in [0, 0.05) is 31.6 Å². The van der Waals surface area contributed by atoms with Crippen LogP contribution in [0.3, 0.4) is 0 Å². The Kier molecular flexibility index (Phi) is 4.65. The second kappa shape index (κ2) is 6.57. The van der Waals surface area contributed by atoms with Crippen molar-refractivity contribution in [3.05, 3.63) is 53.7 Å². The molecule has 0 radical (unpaired) electrons. The van der Waals surface area contributed by atoms with Gasteiger partial charge in [0.05, 0.1) is 6.20 Å². The molecule has 0 N–H and O–H groups in total. The topological polar surface area (TPSA) is 49.6 Å². The van der Waals surface area contributed by atoms with Crippen molar-refractivity contribution >= 4 is 18.3 Å². The predicted octanol–water partition coefficient (Wildman–Crippen LogP) is 2.78. The monoisotopic (exact) mass is 347 g/mol. The third-order valence-electron chi connectivity index (χ3n) is 5.33.